The topological polar surface area (TPSA) is 64.8 Å². The lowest BCUT2D eigenvalue weighted by atomic mass is 10.1. The Morgan fingerprint density at radius 3 is 2.79 bits per heavy atom. The predicted octanol–water partition coefficient (Wildman–Crippen LogP) is 3.19. The van der Waals surface area contributed by atoms with Crippen LogP contribution in [-0.2, 0) is 0 Å². The molecular weight excluding hydrogens is 328 g/mol. The molecule has 1 aliphatic heterocycles. The first-order valence-electron chi connectivity index (χ1n) is 8.45. The van der Waals surface area contributed by atoms with E-state index in [0.29, 0.717) is 53.6 Å². The fraction of sp³-hybridized carbons (Fsp3) is 0.611. The van der Waals surface area contributed by atoms with E-state index in [-0.39, 0.29) is 5.91 Å². The van der Waals surface area contributed by atoms with Crippen LogP contribution < -0.4 is 15.2 Å². The number of benzene rings is 1. The zero-order chi connectivity index (χ0) is 17.7. The molecule has 5 nitrogen and oxygen atoms in total. The van der Waals surface area contributed by atoms with Crippen molar-refractivity contribution >= 4 is 17.5 Å². The molecular formula is C18H27ClN2O3. The van der Waals surface area contributed by atoms with Crippen LogP contribution in [0.1, 0.15) is 37.0 Å². The number of nitrogens with two attached hydrogens (primary N) is 1. The number of ether oxygens (including phenoxy) is 2. The van der Waals surface area contributed by atoms with Gasteiger partial charge < -0.3 is 20.1 Å². The van der Waals surface area contributed by atoms with Crippen LogP contribution in [0.2, 0.25) is 5.02 Å². The molecule has 1 saturated heterocycles. The molecule has 2 N–H and O–H groups in total. The van der Waals surface area contributed by atoms with E-state index in [1.807, 2.05) is 4.90 Å². The van der Waals surface area contributed by atoms with Gasteiger partial charge in [0.05, 0.1) is 18.7 Å². The number of hydrogen-bond acceptors (Lipinski definition) is 4. The van der Waals surface area contributed by atoms with Crippen LogP contribution in [0, 0.1) is 11.8 Å². The molecule has 1 aromatic carbocycles. The molecule has 0 aliphatic carbocycles. The second kappa shape index (κ2) is 8.58. The highest BCUT2D eigenvalue weighted by atomic mass is 35.5. The number of nitrogens with zero attached hydrogens (tertiary/aromatic N) is 1. The van der Waals surface area contributed by atoms with E-state index in [4.69, 9.17) is 26.8 Å². The minimum Gasteiger partial charge on any atom is -0.493 e. The molecule has 2 rings (SSSR count). The van der Waals surface area contributed by atoms with Crippen LogP contribution in [0.25, 0.3) is 0 Å². The second-order valence-corrected chi connectivity index (χ2v) is 7.07. The highest BCUT2D eigenvalue weighted by molar-refractivity contribution is 6.32. The van der Waals surface area contributed by atoms with Crippen molar-refractivity contribution in [3.8, 4) is 11.5 Å². The third-order valence-corrected chi connectivity index (χ3v) is 4.61. The fourth-order valence-corrected chi connectivity index (χ4v) is 3.04. The van der Waals surface area contributed by atoms with Crippen molar-refractivity contribution in [1.82, 2.24) is 4.90 Å². The third-order valence-electron chi connectivity index (χ3n) is 4.32. The molecule has 0 radical (unpaired) electrons. The van der Waals surface area contributed by atoms with Crippen LogP contribution in [0.3, 0.4) is 0 Å². The van der Waals surface area contributed by atoms with Gasteiger partial charge in [-0.15, -0.1) is 0 Å². The van der Waals surface area contributed by atoms with Crippen LogP contribution in [0.4, 0.5) is 0 Å². The van der Waals surface area contributed by atoms with E-state index < -0.39 is 0 Å². The third kappa shape index (κ3) is 4.54. The summed E-state index contributed by atoms with van der Waals surface area (Å²) in [5.41, 5.74) is 6.22. The maximum atomic E-state index is 12.7. The molecule has 1 aromatic rings. The van der Waals surface area contributed by atoms with Gasteiger partial charge in [0.15, 0.2) is 11.5 Å². The van der Waals surface area contributed by atoms with Gasteiger partial charge in [-0.25, -0.2) is 0 Å². The fourth-order valence-electron chi connectivity index (χ4n) is 2.77. The highest BCUT2D eigenvalue weighted by Crippen LogP contribution is 2.37. The molecule has 0 bridgehead atoms. The number of carbonyl (C=O) groups is 1. The van der Waals surface area contributed by atoms with Gasteiger partial charge in [-0.3, -0.25) is 4.79 Å². The number of hydrogen-bond donors (Lipinski definition) is 1. The van der Waals surface area contributed by atoms with Gasteiger partial charge in [0.25, 0.3) is 5.91 Å². The Labute approximate surface area is 149 Å². The van der Waals surface area contributed by atoms with Crippen molar-refractivity contribution in [3.05, 3.63) is 22.7 Å². The van der Waals surface area contributed by atoms with Gasteiger partial charge in [0.1, 0.15) is 0 Å². The maximum Gasteiger partial charge on any atom is 0.254 e. The predicted molar refractivity (Wildman–Crippen MR) is 96.0 cm³/mol. The molecule has 1 atom stereocenters. The Balaban J connectivity index is 2.14. The van der Waals surface area contributed by atoms with Crippen molar-refractivity contribution in [2.75, 3.05) is 33.4 Å². The van der Waals surface area contributed by atoms with Gasteiger partial charge in [-0.05, 0) is 43.4 Å². The lowest BCUT2D eigenvalue weighted by Gasteiger charge is -2.19. The molecule has 1 heterocycles. The molecule has 1 aliphatic rings. The largest absolute Gasteiger partial charge is 0.493 e. The lowest BCUT2D eigenvalue weighted by molar-refractivity contribution is 0.0787. The average Bonchev–Trinajstić information content (AvgIpc) is 3.04. The molecule has 1 unspecified atom stereocenters. The van der Waals surface area contributed by atoms with Crippen molar-refractivity contribution < 1.29 is 14.3 Å². The molecule has 0 aromatic heterocycles. The molecule has 1 amide bonds. The minimum atomic E-state index is -0.0418. The number of carbonyl (C=O) groups excluding carboxylic acids is 1. The minimum absolute atomic E-state index is 0.0418. The van der Waals surface area contributed by atoms with Crippen molar-refractivity contribution in [2.45, 2.75) is 26.7 Å². The van der Waals surface area contributed by atoms with E-state index in [1.165, 1.54) is 0 Å². The molecule has 0 saturated carbocycles. The van der Waals surface area contributed by atoms with Crippen LogP contribution in [-0.4, -0.2) is 44.2 Å². The Bertz CT molecular complexity index is 578. The Hall–Kier alpha value is -1.46. The Kier molecular flexibility index (Phi) is 6.75. The molecule has 24 heavy (non-hydrogen) atoms. The SMILES string of the molecule is COc1cc(C(=O)N2CCC(CN)C2)cc(Cl)c1OCCC(C)C. The maximum absolute atomic E-state index is 12.7. The van der Waals surface area contributed by atoms with Gasteiger partial charge in [0, 0.05) is 18.7 Å². The lowest BCUT2D eigenvalue weighted by Crippen LogP contribution is -2.29. The highest BCUT2D eigenvalue weighted by Gasteiger charge is 2.27. The molecule has 6 heteroatoms. The molecule has 134 valence electrons. The van der Waals surface area contributed by atoms with Gasteiger partial charge >= 0.3 is 0 Å². The van der Waals surface area contributed by atoms with Crippen LogP contribution in [0.15, 0.2) is 12.1 Å². The first-order valence-corrected chi connectivity index (χ1v) is 8.83. The summed E-state index contributed by atoms with van der Waals surface area (Å²) < 4.78 is 11.1. The summed E-state index contributed by atoms with van der Waals surface area (Å²) >= 11 is 6.34. The number of rotatable bonds is 7. The first kappa shape index (κ1) is 18.9. The molecule has 0 spiro atoms. The van der Waals surface area contributed by atoms with Crippen molar-refractivity contribution in [3.63, 3.8) is 0 Å². The number of halogens is 1. The zero-order valence-electron chi connectivity index (χ0n) is 14.7. The van der Waals surface area contributed by atoms with Crippen LogP contribution in [0.5, 0.6) is 11.5 Å². The van der Waals surface area contributed by atoms with Crippen LogP contribution >= 0.6 is 11.6 Å². The van der Waals surface area contributed by atoms with Gasteiger partial charge in [-0.1, -0.05) is 25.4 Å². The average molecular weight is 355 g/mol. The quantitative estimate of drug-likeness (QED) is 0.816. The number of methoxy groups -OCH3 is 1. The summed E-state index contributed by atoms with van der Waals surface area (Å²) in [4.78, 5) is 14.5. The summed E-state index contributed by atoms with van der Waals surface area (Å²) in [6.45, 7) is 6.86. The van der Waals surface area contributed by atoms with E-state index in [9.17, 15) is 4.79 Å². The van der Waals surface area contributed by atoms with Gasteiger partial charge in [0.2, 0.25) is 0 Å². The number of likely N-dealkylation sites (tertiary alicyclic amines) is 1. The van der Waals surface area contributed by atoms with E-state index >= 15 is 0 Å². The summed E-state index contributed by atoms with van der Waals surface area (Å²) in [6, 6.07) is 3.36. The smallest absolute Gasteiger partial charge is 0.254 e. The molecule has 1 fully saturated rings. The second-order valence-electron chi connectivity index (χ2n) is 6.66. The Morgan fingerprint density at radius 2 is 2.21 bits per heavy atom. The summed E-state index contributed by atoms with van der Waals surface area (Å²) in [5.74, 6) is 1.87. The van der Waals surface area contributed by atoms with E-state index in [0.717, 1.165) is 19.4 Å². The van der Waals surface area contributed by atoms with Gasteiger partial charge in [-0.2, -0.15) is 0 Å². The van der Waals surface area contributed by atoms with E-state index in [2.05, 4.69) is 13.8 Å². The Morgan fingerprint density at radius 1 is 1.46 bits per heavy atom. The standard InChI is InChI=1S/C18H27ClN2O3/c1-12(2)5-7-24-17-15(19)8-14(9-16(17)23-3)18(22)21-6-4-13(10-20)11-21/h8-9,12-13H,4-7,10-11,20H2,1-3H3. The normalized spacial score (nSPS) is 17.4. The summed E-state index contributed by atoms with van der Waals surface area (Å²) in [7, 11) is 1.55. The van der Waals surface area contributed by atoms with E-state index in [1.54, 1.807) is 19.2 Å². The van der Waals surface area contributed by atoms with Crippen molar-refractivity contribution in [2.24, 2.45) is 17.6 Å². The zero-order valence-corrected chi connectivity index (χ0v) is 15.4. The first-order chi connectivity index (χ1) is 11.5. The monoisotopic (exact) mass is 354 g/mol. The summed E-state index contributed by atoms with van der Waals surface area (Å²) in [5, 5.41) is 0.399. The number of amides is 1. The summed E-state index contributed by atoms with van der Waals surface area (Å²) in [6.07, 6.45) is 1.87. The van der Waals surface area contributed by atoms with Crippen molar-refractivity contribution in [1.29, 1.82) is 0 Å².